The number of rotatable bonds is 5. The molecule has 1 aromatic carbocycles. The van der Waals surface area contributed by atoms with E-state index in [1.807, 2.05) is 13.0 Å². The summed E-state index contributed by atoms with van der Waals surface area (Å²) in [6.07, 6.45) is 1.77. The zero-order valence-electron chi connectivity index (χ0n) is 13.2. The summed E-state index contributed by atoms with van der Waals surface area (Å²) in [6.45, 7) is 3.66. The van der Waals surface area contributed by atoms with Crippen molar-refractivity contribution in [3.05, 3.63) is 51.7 Å². The van der Waals surface area contributed by atoms with Gasteiger partial charge in [0.2, 0.25) is 0 Å². The van der Waals surface area contributed by atoms with E-state index in [2.05, 4.69) is 0 Å². The first kappa shape index (κ1) is 18.1. The van der Waals surface area contributed by atoms with E-state index in [4.69, 9.17) is 37.6 Å². The molecular weight excluding hydrogens is 349 g/mol. The van der Waals surface area contributed by atoms with Crippen molar-refractivity contribution < 1.29 is 13.9 Å². The Hall–Kier alpha value is -2.22. The highest BCUT2D eigenvalue weighted by atomic mass is 35.5. The van der Waals surface area contributed by atoms with Crippen LogP contribution in [0.1, 0.15) is 26.0 Å². The van der Waals surface area contributed by atoms with Gasteiger partial charge in [-0.15, -0.1) is 0 Å². The molecule has 0 saturated heterocycles. The number of ether oxygens (including phenoxy) is 1. The Morgan fingerprint density at radius 3 is 2.71 bits per heavy atom. The molecule has 4 nitrogen and oxygen atoms in total. The number of furan rings is 1. The van der Waals surface area contributed by atoms with Gasteiger partial charge in [-0.1, -0.05) is 30.1 Å². The van der Waals surface area contributed by atoms with Crippen molar-refractivity contribution in [3.63, 3.8) is 0 Å². The molecule has 0 aliphatic rings. The molecule has 0 N–H and O–H groups in total. The molecule has 2 rings (SSSR count). The minimum atomic E-state index is -0.667. The minimum Gasteiger partial charge on any atom is -0.459 e. The Kier molecular flexibility index (Phi) is 6.08. The maximum atomic E-state index is 11.9. The monoisotopic (exact) mass is 363 g/mol. The largest absolute Gasteiger partial charge is 0.459 e. The third kappa shape index (κ3) is 4.41. The summed E-state index contributed by atoms with van der Waals surface area (Å²) in [4.78, 5) is 11.9. The maximum absolute atomic E-state index is 11.9. The molecule has 2 aromatic rings. The van der Waals surface area contributed by atoms with Crippen LogP contribution in [0.15, 0.2) is 40.3 Å². The van der Waals surface area contributed by atoms with Gasteiger partial charge in [0.15, 0.2) is 0 Å². The predicted octanol–water partition coefficient (Wildman–Crippen LogP) is 5.50. The highest BCUT2D eigenvalue weighted by Gasteiger charge is 2.15. The second-order valence-electron chi connectivity index (χ2n) is 5.12. The highest BCUT2D eigenvalue weighted by molar-refractivity contribution is 6.42. The lowest BCUT2D eigenvalue weighted by Crippen LogP contribution is -2.15. The summed E-state index contributed by atoms with van der Waals surface area (Å²) in [5, 5.41) is 10.0. The van der Waals surface area contributed by atoms with Gasteiger partial charge in [0.05, 0.1) is 16.1 Å². The van der Waals surface area contributed by atoms with E-state index in [1.165, 1.54) is 6.08 Å². The molecule has 0 aliphatic carbocycles. The third-order valence-electron chi connectivity index (χ3n) is 3.34. The van der Waals surface area contributed by atoms with Crippen LogP contribution in [-0.4, -0.2) is 12.1 Å². The summed E-state index contributed by atoms with van der Waals surface area (Å²) >= 11 is 11.9. The van der Waals surface area contributed by atoms with Crippen LogP contribution < -0.4 is 0 Å². The lowest BCUT2D eigenvalue weighted by atomic mass is 10.2. The number of nitriles is 1. The normalized spacial score (nSPS) is 12.5. The van der Waals surface area contributed by atoms with Crippen LogP contribution in [0, 0.1) is 11.3 Å². The zero-order chi connectivity index (χ0) is 17.7. The van der Waals surface area contributed by atoms with Gasteiger partial charge < -0.3 is 9.15 Å². The third-order valence-corrected chi connectivity index (χ3v) is 4.08. The van der Waals surface area contributed by atoms with Gasteiger partial charge in [0, 0.05) is 11.6 Å². The second-order valence-corrected chi connectivity index (χ2v) is 5.94. The Balaban J connectivity index is 2.24. The SMILES string of the molecule is CCC(C)OC(=O)C(C#N)=Cc1ccc(-c2ccc(Cl)c(Cl)c2)o1. The highest BCUT2D eigenvalue weighted by Crippen LogP contribution is 2.30. The van der Waals surface area contributed by atoms with E-state index in [0.717, 1.165) is 5.56 Å². The molecule has 0 radical (unpaired) electrons. The Labute approximate surface area is 150 Å². The fourth-order valence-corrected chi connectivity index (χ4v) is 2.14. The maximum Gasteiger partial charge on any atom is 0.349 e. The van der Waals surface area contributed by atoms with Crippen molar-refractivity contribution in [2.75, 3.05) is 0 Å². The number of hydrogen-bond acceptors (Lipinski definition) is 4. The van der Waals surface area contributed by atoms with E-state index >= 15 is 0 Å². The first-order valence-electron chi connectivity index (χ1n) is 7.32. The van der Waals surface area contributed by atoms with Crippen molar-refractivity contribution in [2.24, 2.45) is 0 Å². The molecule has 1 aromatic heterocycles. The van der Waals surface area contributed by atoms with Gasteiger partial charge >= 0.3 is 5.97 Å². The van der Waals surface area contributed by atoms with Crippen LogP contribution >= 0.6 is 23.2 Å². The summed E-state index contributed by atoms with van der Waals surface area (Å²) in [5.41, 5.74) is 0.620. The van der Waals surface area contributed by atoms with Crippen molar-refractivity contribution in [1.82, 2.24) is 0 Å². The molecule has 124 valence electrons. The molecule has 0 fully saturated rings. The van der Waals surface area contributed by atoms with E-state index in [9.17, 15) is 4.79 Å². The first-order valence-corrected chi connectivity index (χ1v) is 8.08. The van der Waals surface area contributed by atoms with Gasteiger partial charge in [-0.2, -0.15) is 5.26 Å². The van der Waals surface area contributed by atoms with Crippen LogP contribution in [-0.2, 0) is 9.53 Å². The predicted molar refractivity (Wildman–Crippen MR) is 93.6 cm³/mol. The zero-order valence-corrected chi connectivity index (χ0v) is 14.7. The van der Waals surface area contributed by atoms with Crippen LogP contribution in [0.4, 0.5) is 0 Å². The lowest BCUT2D eigenvalue weighted by molar-refractivity contribution is -0.142. The van der Waals surface area contributed by atoms with E-state index in [1.54, 1.807) is 37.3 Å². The van der Waals surface area contributed by atoms with E-state index < -0.39 is 5.97 Å². The van der Waals surface area contributed by atoms with Crippen LogP contribution in [0.2, 0.25) is 10.0 Å². The smallest absolute Gasteiger partial charge is 0.349 e. The number of halogens is 2. The molecule has 24 heavy (non-hydrogen) atoms. The molecule has 0 bridgehead atoms. The van der Waals surface area contributed by atoms with Crippen molar-refractivity contribution in [1.29, 1.82) is 5.26 Å². The number of carbonyl (C=O) groups excluding carboxylic acids is 1. The van der Waals surface area contributed by atoms with Gasteiger partial charge in [-0.3, -0.25) is 0 Å². The molecule has 0 aliphatic heterocycles. The number of benzene rings is 1. The van der Waals surface area contributed by atoms with E-state index in [-0.39, 0.29) is 11.7 Å². The molecule has 0 amide bonds. The Morgan fingerprint density at radius 2 is 2.08 bits per heavy atom. The number of nitrogens with zero attached hydrogens (tertiary/aromatic N) is 1. The fourth-order valence-electron chi connectivity index (χ4n) is 1.84. The number of carbonyl (C=O) groups is 1. The standard InChI is InChI=1S/C18H15Cl2NO3/c1-3-11(2)23-18(22)13(10-21)8-14-5-7-17(24-14)12-4-6-15(19)16(20)9-12/h4-9,11H,3H2,1-2H3. The fraction of sp³-hybridized carbons (Fsp3) is 0.222. The van der Waals surface area contributed by atoms with Crippen molar-refractivity contribution in [2.45, 2.75) is 26.4 Å². The average Bonchev–Trinajstić information content (AvgIpc) is 3.03. The molecule has 1 atom stereocenters. The summed E-state index contributed by atoms with van der Waals surface area (Å²) in [6, 6.07) is 10.3. The number of esters is 1. The summed E-state index contributed by atoms with van der Waals surface area (Å²) in [7, 11) is 0. The first-order chi connectivity index (χ1) is 11.4. The minimum absolute atomic E-state index is 0.120. The summed E-state index contributed by atoms with van der Waals surface area (Å²) in [5.74, 6) is 0.250. The summed E-state index contributed by atoms with van der Waals surface area (Å²) < 4.78 is 10.8. The topological polar surface area (TPSA) is 63.2 Å². The van der Waals surface area contributed by atoms with Crippen LogP contribution in [0.25, 0.3) is 17.4 Å². The average molecular weight is 364 g/mol. The molecular formula is C18H15Cl2NO3. The van der Waals surface area contributed by atoms with Crippen molar-refractivity contribution in [3.8, 4) is 17.4 Å². The molecule has 6 heteroatoms. The Bertz CT molecular complexity index is 818. The van der Waals surface area contributed by atoms with Gasteiger partial charge in [-0.25, -0.2) is 4.79 Å². The van der Waals surface area contributed by atoms with Crippen LogP contribution in [0.3, 0.4) is 0 Å². The molecule has 1 unspecified atom stereocenters. The molecule has 1 heterocycles. The van der Waals surface area contributed by atoms with Crippen molar-refractivity contribution >= 4 is 35.2 Å². The van der Waals surface area contributed by atoms with E-state index in [0.29, 0.717) is 28.0 Å². The quantitative estimate of drug-likeness (QED) is 0.399. The van der Waals surface area contributed by atoms with Gasteiger partial charge in [-0.05, 0) is 43.7 Å². The second kappa shape index (κ2) is 8.05. The molecule has 0 saturated carbocycles. The molecule has 0 spiro atoms. The van der Waals surface area contributed by atoms with Gasteiger partial charge in [0.25, 0.3) is 0 Å². The number of hydrogen-bond donors (Lipinski definition) is 0. The lowest BCUT2D eigenvalue weighted by Gasteiger charge is -2.09. The van der Waals surface area contributed by atoms with Gasteiger partial charge in [0.1, 0.15) is 23.2 Å². The Morgan fingerprint density at radius 1 is 1.33 bits per heavy atom. The van der Waals surface area contributed by atoms with Crippen LogP contribution in [0.5, 0.6) is 0 Å².